The first-order valence-electron chi connectivity index (χ1n) is 6.38. The molecular formula is C13H23NO3. The minimum atomic E-state index is -1.02. The van der Waals surface area contributed by atoms with Crippen LogP contribution in [0.1, 0.15) is 46.5 Å². The molecule has 0 bridgehead atoms. The van der Waals surface area contributed by atoms with Crippen LogP contribution >= 0.6 is 0 Å². The van der Waals surface area contributed by atoms with Gasteiger partial charge in [-0.3, -0.25) is 0 Å². The molecular weight excluding hydrogens is 218 g/mol. The molecule has 1 spiro atoms. The Morgan fingerprint density at radius 2 is 1.88 bits per heavy atom. The number of nitrogens with zero attached hydrogens (tertiary/aromatic N) is 1. The maximum Gasteiger partial charge on any atom is 0.256 e. The Bertz CT molecular complexity index is 290. The smallest absolute Gasteiger partial charge is 0.256 e. The van der Waals surface area contributed by atoms with Crippen LogP contribution in [-0.4, -0.2) is 36.0 Å². The third-order valence-corrected chi connectivity index (χ3v) is 3.46. The molecule has 1 saturated carbocycles. The molecule has 0 amide bonds. The molecule has 0 aromatic carbocycles. The molecule has 1 N–H and O–H groups in total. The summed E-state index contributed by atoms with van der Waals surface area (Å²) in [4.78, 5) is 4.25. The first-order chi connectivity index (χ1) is 7.89. The van der Waals surface area contributed by atoms with Crippen LogP contribution in [0, 0.1) is 5.41 Å². The number of hydrogen-bond acceptors (Lipinski definition) is 4. The Kier molecular flexibility index (Phi) is 3.57. The maximum atomic E-state index is 9.70. The molecule has 1 aliphatic carbocycles. The monoisotopic (exact) mass is 241 g/mol. The third-order valence-electron chi connectivity index (χ3n) is 3.46. The van der Waals surface area contributed by atoms with Crippen LogP contribution in [0.5, 0.6) is 0 Å². The van der Waals surface area contributed by atoms with Crippen LogP contribution in [-0.2, 0) is 9.47 Å². The predicted octanol–water partition coefficient (Wildman–Crippen LogP) is 2.11. The summed E-state index contributed by atoms with van der Waals surface area (Å²) in [6.07, 6.45) is 3.18. The van der Waals surface area contributed by atoms with E-state index in [1.54, 1.807) is 0 Å². The topological polar surface area (TPSA) is 51.0 Å². The zero-order chi connectivity index (χ0) is 12.5. The van der Waals surface area contributed by atoms with Crippen LogP contribution in [0.2, 0.25) is 0 Å². The number of aliphatic hydroxyl groups is 1. The van der Waals surface area contributed by atoms with Gasteiger partial charge in [-0.2, -0.15) is 0 Å². The van der Waals surface area contributed by atoms with Crippen molar-refractivity contribution < 1.29 is 14.6 Å². The first-order valence-corrected chi connectivity index (χ1v) is 6.38. The van der Waals surface area contributed by atoms with Gasteiger partial charge in [-0.15, -0.1) is 0 Å². The Morgan fingerprint density at radius 3 is 2.29 bits per heavy atom. The second kappa shape index (κ2) is 4.67. The second-order valence-corrected chi connectivity index (χ2v) is 6.24. The highest BCUT2D eigenvalue weighted by molar-refractivity contribution is 5.85. The standard InChI is InChI=1S/C13H23NO3/c1-12(2,3)17-11(15)14-10-4-6-13(7-5-10)8-16-9-13/h11,15H,4-9H2,1-3H3. The molecule has 2 fully saturated rings. The summed E-state index contributed by atoms with van der Waals surface area (Å²) in [7, 11) is 0. The van der Waals surface area contributed by atoms with Crippen molar-refractivity contribution >= 4 is 5.71 Å². The summed E-state index contributed by atoms with van der Waals surface area (Å²) in [5, 5.41) is 9.70. The van der Waals surface area contributed by atoms with Gasteiger partial charge >= 0.3 is 0 Å². The number of aliphatic hydroxyl groups excluding tert-OH is 1. The van der Waals surface area contributed by atoms with E-state index >= 15 is 0 Å². The van der Waals surface area contributed by atoms with Gasteiger partial charge in [0.2, 0.25) is 0 Å². The van der Waals surface area contributed by atoms with Crippen molar-refractivity contribution in [3.05, 3.63) is 0 Å². The highest BCUT2D eigenvalue weighted by atomic mass is 16.6. The van der Waals surface area contributed by atoms with Crippen molar-refractivity contribution in [2.75, 3.05) is 13.2 Å². The maximum absolute atomic E-state index is 9.70. The van der Waals surface area contributed by atoms with Gasteiger partial charge in [-0.1, -0.05) is 0 Å². The minimum absolute atomic E-state index is 0.360. The lowest BCUT2D eigenvalue weighted by atomic mass is 9.72. The van der Waals surface area contributed by atoms with E-state index in [2.05, 4.69) is 4.99 Å². The molecule has 1 heterocycles. The molecule has 0 radical (unpaired) electrons. The predicted molar refractivity (Wildman–Crippen MR) is 66.0 cm³/mol. The molecule has 4 nitrogen and oxygen atoms in total. The first kappa shape index (κ1) is 13.0. The normalized spacial score (nSPS) is 25.5. The van der Waals surface area contributed by atoms with Crippen LogP contribution in [0.25, 0.3) is 0 Å². The van der Waals surface area contributed by atoms with Crippen molar-refractivity contribution in [2.24, 2.45) is 10.4 Å². The van der Waals surface area contributed by atoms with E-state index < -0.39 is 6.41 Å². The SMILES string of the molecule is CC(C)(C)OC(O)N=C1CCC2(CC1)COC2. The van der Waals surface area contributed by atoms with Crippen molar-refractivity contribution in [2.45, 2.75) is 58.5 Å². The summed E-state index contributed by atoms with van der Waals surface area (Å²) in [6, 6.07) is 0. The molecule has 1 atom stereocenters. The zero-order valence-electron chi connectivity index (χ0n) is 11.0. The van der Waals surface area contributed by atoms with Crippen LogP contribution < -0.4 is 0 Å². The second-order valence-electron chi connectivity index (χ2n) is 6.24. The van der Waals surface area contributed by atoms with Gasteiger partial charge in [0.25, 0.3) is 6.41 Å². The van der Waals surface area contributed by atoms with Crippen LogP contribution in [0.3, 0.4) is 0 Å². The molecule has 4 heteroatoms. The largest absolute Gasteiger partial charge is 0.380 e. The van der Waals surface area contributed by atoms with E-state index in [4.69, 9.17) is 9.47 Å². The van der Waals surface area contributed by atoms with E-state index in [0.29, 0.717) is 5.41 Å². The summed E-state index contributed by atoms with van der Waals surface area (Å²) in [5.74, 6) is 0. The average molecular weight is 241 g/mol. The fourth-order valence-electron chi connectivity index (χ4n) is 2.38. The van der Waals surface area contributed by atoms with Crippen molar-refractivity contribution in [3.8, 4) is 0 Å². The molecule has 2 rings (SSSR count). The Hall–Kier alpha value is -0.450. The van der Waals surface area contributed by atoms with Gasteiger partial charge < -0.3 is 14.6 Å². The lowest BCUT2D eigenvalue weighted by Gasteiger charge is -2.44. The fourth-order valence-corrected chi connectivity index (χ4v) is 2.38. The third kappa shape index (κ3) is 3.50. The molecule has 17 heavy (non-hydrogen) atoms. The summed E-state index contributed by atoms with van der Waals surface area (Å²) in [6.45, 7) is 7.55. The van der Waals surface area contributed by atoms with Gasteiger partial charge in [0.15, 0.2) is 0 Å². The zero-order valence-corrected chi connectivity index (χ0v) is 11.0. The van der Waals surface area contributed by atoms with Crippen molar-refractivity contribution in [1.82, 2.24) is 0 Å². The summed E-state index contributed by atoms with van der Waals surface area (Å²) >= 11 is 0. The summed E-state index contributed by atoms with van der Waals surface area (Å²) < 4.78 is 10.7. The Morgan fingerprint density at radius 1 is 1.29 bits per heavy atom. The van der Waals surface area contributed by atoms with Gasteiger partial charge in [0, 0.05) is 11.1 Å². The van der Waals surface area contributed by atoms with Crippen LogP contribution in [0.15, 0.2) is 4.99 Å². The molecule has 0 aromatic rings. The van der Waals surface area contributed by atoms with E-state index in [9.17, 15) is 5.11 Å². The molecule has 1 saturated heterocycles. The van der Waals surface area contributed by atoms with E-state index in [1.807, 2.05) is 20.8 Å². The van der Waals surface area contributed by atoms with Crippen LogP contribution in [0.4, 0.5) is 0 Å². The number of ether oxygens (including phenoxy) is 2. The minimum Gasteiger partial charge on any atom is -0.380 e. The highest BCUT2D eigenvalue weighted by Crippen LogP contribution is 2.41. The quantitative estimate of drug-likeness (QED) is 0.753. The van der Waals surface area contributed by atoms with Gasteiger partial charge in [0.1, 0.15) is 0 Å². The number of aliphatic imine (C=N–C) groups is 1. The van der Waals surface area contributed by atoms with Gasteiger partial charge in [-0.25, -0.2) is 4.99 Å². The highest BCUT2D eigenvalue weighted by Gasteiger charge is 2.40. The lowest BCUT2D eigenvalue weighted by Crippen LogP contribution is -2.45. The molecule has 0 aromatic heterocycles. The van der Waals surface area contributed by atoms with E-state index in [-0.39, 0.29) is 5.60 Å². The van der Waals surface area contributed by atoms with Gasteiger partial charge in [0.05, 0.1) is 18.8 Å². The van der Waals surface area contributed by atoms with E-state index in [1.165, 1.54) is 0 Å². The average Bonchev–Trinajstić information content (AvgIpc) is 2.13. The molecule has 1 unspecified atom stereocenters. The molecule has 1 aliphatic heterocycles. The van der Waals surface area contributed by atoms with Gasteiger partial charge in [-0.05, 0) is 46.5 Å². The van der Waals surface area contributed by atoms with Crippen molar-refractivity contribution in [3.63, 3.8) is 0 Å². The number of rotatable bonds is 2. The number of hydrogen-bond donors (Lipinski definition) is 1. The lowest BCUT2D eigenvalue weighted by molar-refractivity contribution is -0.160. The van der Waals surface area contributed by atoms with Crippen molar-refractivity contribution in [1.29, 1.82) is 0 Å². The molecule has 2 aliphatic rings. The van der Waals surface area contributed by atoms with E-state index in [0.717, 1.165) is 44.6 Å². The Balaban J connectivity index is 1.83. The fraction of sp³-hybridized carbons (Fsp3) is 0.923. The Labute approximate surface area is 103 Å². The molecule has 98 valence electrons. The summed E-state index contributed by atoms with van der Waals surface area (Å²) in [5.41, 5.74) is 1.15.